The van der Waals surface area contributed by atoms with E-state index >= 15 is 0 Å². The number of carbonyl (C=O) groups is 2. The van der Waals surface area contributed by atoms with Crippen molar-refractivity contribution in [3.05, 3.63) is 64.2 Å². The number of benzene rings is 2. The molecule has 0 atom stereocenters. The Hall–Kier alpha value is -2.84. The lowest BCUT2D eigenvalue weighted by Crippen LogP contribution is -2.18. The maximum atomic E-state index is 13.1. The number of rotatable bonds is 6. The Morgan fingerprint density at radius 1 is 0.971 bits per heavy atom. The average Bonchev–Trinajstić information content (AvgIpc) is 3.19. The zero-order valence-corrected chi connectivity index (χ0v) is 18.8. The minimum atomic E-state index is -4.73. The van der Waals surface area contributed by atoms with Gasteiger partial charge in [-0.1, -0.05) is 46.8 Å². The number of hydrogen-bond acceptors (Lipinski definition) is 6. The van der Waals surface area contributed by atoms with E-state index in [0.717, 1.165) is 53.4 Å². The van der Waals surface area contributed by atoms with Crippen LogP contribution in [0.1, 0.15) is 21.5 Å². The molecule has 2 aromatic carbocycles. The summed E-state index contributed by atoms with van der Waals surface area (Å²) in [6, 6.07) is 6.68. The molecule has 0 saturated carbocycles. The molecule has 0 bridgehead atoms. The monoisotopic (exact) mass is 540 g/mol. The fourth-order valence-electron chi connectivity index (χ4n) is 2.52. The van der Waals surface area contributed by atoms with Crippen molar-refractivity contribution in [1.29, 1.82) is 0 Å². The van der Waals surface area contributed by atoms with Gasteiger partial charge in [-0.15, -0.1) is 10.2 Å². The second-order valence-electron chi connectivity index (χ2n) is 6.40. The van der Waals surface area contributed by atoms with Gasteiger partial charge in [0.05, 0.1) is 33.2 Å². The van der Waals surface area contributed by atoms with Gasteiger partial charge in [0.1, 0.15) is 0 Å². The van der Waals surface area contributed by atoms with Gasteiger partial charge in [0.2, 0.25) is 11.0 Å². The third kappa shape index (κ3) is 6.61. The van der Waals surface area contributed by atoms with Crippen LogP contribution in [0.2, 0.25) is 5.02 Å². The van der Waals surface area contributed by atoms with E-state index in [1.807, 2.05) is 0 Å². The van der Waals surface area contributed by atoms with E-state index in [-0.39, 0.29) is 25.9 Å². The quantitative estimate of drug-likeness (QED) is 0.220. The molecule has 15 heteroatoms. The molecule has 34 heavy (non-hydrogen) atoms. The summed E-state index contributed by atoms with van der Waals surface area (Å²) in [4.78, 5) is 24.4. The van der Waals surface area contributed by atoms with Gasteiger partial charge in [0, 0.05) is 0 Å². The molecule has 3 rings (SSSR count). The van der Waals surface area contributed by atoms with Crippen LogP contribution in [-0.4, -0.2) is 27.8 Å². The summed E-state index contributed by atoms with van der Waals surface area (Å²) in [6.07, 6.45) is -9.35. The number of aromatic nitrogens is 2. The number of alkyl halides is 6. The van der Waals surface area contributed by atoms with E-state index in [0.29, 0.717) is 6.07 Å². The maximum absolute atomic E-state index is 13.1. The van der Waals surface area contributed by atoms with Gasteiger partial charge in [-0.3, -0.25) is 14.9 Å². The molecule has 0 aliphatic carbocycles. The lowest BCUT2D eigenvalue weighted by Gasteiger charge is -2.11. The number of halogens is 7. The minimum Gasteiger partial charge on any atom is -0.324 e. The third-order valence-corrected chi connectivity index (χ3v) is 6.30. The van der Waals surface area contributed by atoms with Crippen LogP contribution in [0.25, 0.3) is 0 Å². The molecule has 0 aliphatic rings. The zero-order chi connectivity index (χ0) is 25.1. The van der Waals surface area contributed by atoms with Crippen LogP contribution in [0.3, 0.4) is 0 Å². The highest BCUT2D eigenvalue weighted by Gasteiger charge is 2.35. The molecule has 0 unspecified atom stereocenters. The fourth-order valence-corrected chi connectivity index (χ4v) is 4.23. The van der Waals surface area contributed by atoms with E-state index in [1.54, 1.807) is 0 Å². The summed E-state index contributed by atoms with van der Waals surface area (Å²) in [6.45, 7) is 0. The highest BCUT2D eigenvalue weighted by Crippen LogP contribution is 2.35. The first-order valence-electron chi connectivity index (χ1n) is 8.95. The summed E-state index contributed by atoms with van der Waals surface area (Å²) >= 11 is 7.48. The molecule has 180 valence electrons. The van der Waals surface area contributed by atoms with Crippen molar-refractivity contribution in [3.8, 4) is 0 Å². The van der Waals surface area contributed by atoms with Gasteiger partial charge in [-0.2, -0.15) is 26.3 Å². The fraction of sp³-hybridized carbons (Fsp3) is 0.158. The lowest BCUT2D eigenvalue weighted by molar-refractivity contribution is -0.138. The summed E-state index contributed by atoms with van der Waals surface area (Å²) in [5, 5.41) is 11.6. The van der Waals surface area contributed by atoms with E-state index < -0.39 is 40.9 Å². The summed E-state index contributed by atoms with van der Waals surface area (Å²) in [5.41, 5.74) is -2.93. The van der Waals surface area contributed by atoms with E-state index in [4.69, 9.17) is 11.6 Å². The van der Waals surface area contributed by atoms with Crippen molar-refractivity contribution in [2.75, 3.05) is 16.4 Å². The Labute approximate surface area is 200 Å². The highest BCUT2D eigenvalue weighted by atomic mass is 35.5. The number of carbonyl (C=O) groups excluding carboxylic acids is 2. The van der Waals surface area contributed by atoms with Crippen LogP contribution in [-0.2, 0) is 17.1 Å². The molecule has 2 amide bonds. The van der Waals surface area contributed by atoms with Crippen LogP contribution >= 0.6 is 34.7 Å². The average molecular weight is 541 g/mol. The first-order valence-corrected chi connectivity index (χ1v) is 11.1. The smallest absolute Gasteiger partial charge is 0.324 e. The Bertz CT molecular complexity index is 1220. The zero-order valence-electron chi connectivity index (χ0n) is 16.4. The topological polar surface area (TPSA) is 84.0 Å². The van der Waals surface area contributed by atoms with Crippen LogP contribution in [0.15, 0.2) is 46.8 Å². The SMILES string of the molecule is O=C(CSc1nnc(NC(=O)c2ccccc2C(F)(F)F)s1)Nc1cc(C(F)(F)F)ccc1Cl. The lowest BCUT2D eigenvalue weighted by atomic mass is 10.1. The maximum Gasteiger partial charge on any atom is 0.417 e. The molecule has 0 aliphatic heterocycles. The van der Waals surface area contributed by atoms with Crippen molar-refractivity contribution < 1.29 is 35.9 Å². The van der Waals surface area contributed by atoms with Crippen molar-refractivity contribution in [2.24, 2.45) is 0 Å². The Morgan fingerprint density at radius 2 is 1.68 bits per heavy atom. The summed E-state index contributed by atoms with van der Waals surface area (Å²) in [7, 11) is 0. The van der Waals surface area contributed by atoms with Crippen molar-refractivity contribution in [1.82, 2.24) is 10.2 Å². The van der Waals surface area contributed by atoms with Gasteiger partial charge >= 0.3 is 12.4 Å². The van der Waals surface area contributed by atoms with Crippen LogP contribution in [0.5, 0.6) is 0 Å². The first-order chi connectivity index (χ1) is 15.8. The van der Waals surface area contributed by atoms with Crippen molar-refractivity contribution in [3.63, 3.8) is 0 Å². The van der Waals surface area contributed by atoms with Gasteiger partial charge < -0.3 is 5.32 Å². The number of nitrogens with zero attached hydrogens (tertiary/aromatic N) is 2. The first kappa shape index (κ1) is 25.8. The predicted octanol–water partition coefficient (Wildman–Crippen LogP) is 6.21. The van der Waals surface area contributed by atoms with E-state index in [2.05, 4.69) is 20.8 Å². The molecule has 1 aromatic heterocycles. The molecule has 0 spiro atoms. The van der Waals surface area contributed by atoms with Crippen LogP contribution < -0.4 is 10.6 Å². The molecular weight excluding hydrogens is 530 g/mol. The van der Waals surface area contributed by atoms with Gasteiger partial charge in [0.25, 0.3) is 5.91 Å². The molecule has 6 nitrogen and oxygen atoms in total. The van der Waals surface area contributed by atoms with Gasteiger partial charge in [-0.05, 0) is 30.3 Å². The van der Waals surface area contributed by atoms with Crippen LogP contribution in [0.4, 0.5) is 37.2 Å². The summed E-state index contributed by atoms with van der Waals surface area (Å²) in [5.74, 6) is -2.02. The number of nitrogens with one attached hydrogen (secondary N) is 2. The number of hydrogen-bond donors (Lipinski definition) is 2. The number of thioether (sulfide) groups is 1. The van der Waals surface area contributed by atoms with Gasteiger partial charge in [-0.25, -0.2) is 0 Å². The van der Waals surface area contributed by atoms with Crippen molar-refractivity contribution >= 4 is 57.3 Å². The number of amides is 2. The minimum absolute atomic E-state index is 0.0913. The summed E-state index contributed by atoms with van der Waals surface area (Å²) < 4.78 is 77.9. The number of anilines is 2. The third-order valence-electron chi connectivity index (χ3n) is 4.00. The molecule has 1 heterocycles. The molecule has 3 aromatic rings. The molecule has 0 radical (unpaired) electrons. The van der Waals surface area contributed by atoms with Crippen LogP contribution in [0, 0.1) is 0 Å². The van der Waals surface area contributed by atoms with Crippen molar-refractivity contribution in [2.45, 2.75) is 16.7 Å². The molecule has 0 saturated heterocycles. The standard InChI is InChI=1S/C19H11ClF6N4O2S2/c20-12-6-5-9(18(21,22)23)7-13(12)27-14(31)8-33-17-30-29-16(34-17)28-15(32)10-3-1-2-4-11(10)19(24,25)26/h1-7H,8H2,(H,27,31)(H,28,29,32). The Morgan fingerprint density at radius 3 is 2.35 bits per heavy atom. The Kier molecular flexibility index (Phi) is 7.73. The predicted molar refractivity (Wildman–Crippen MR) is 115 cm³/mol. The normalized spacial score (nSPS) is 11.9. The van der Waals surface area contributed by atoms with E-state index in [1.165, 1.54) is 6.07 Å². The molecule has 2 N–H and O–H groups in total. The van der Waals surface area contributed by atoms with E-state index in [9.17, 15) is 35.9 Å². The Balaban J connectivity index is 1.60. The molecular formula is C19H11ClF6N4O2S2. The highest BCUT2D eigenvalue weighted by molar-refractivity contribution is 8.01. The second kappa shape index (κ2) is 10.2. The molecule has 0 fully saturated rings. The van der Waals surface area contributed by atoms with Gasteiger partial charge in [0.15, 0.2) is 4.34 Å². The second-order valence-corrected chi connectivity index (χ2v) is 9.01. The largest absolute Gasteiger partial charge is 0.417 e.